The molecular formula is C25H36NO7PS2. The lowest BCUT2D eigenvalue weighted by Gasteiger charge is -2.26. The number of carbonyl (C=O) groups excluding carboxylic acids is 2. The normalized spacial score (nSPS) is 20.9. The van der Waals surface area contributed by atoms with E-state index < -0.39 is 49.6 Å². The molecule has 200 valence electrons. The second kappa shape index (κ2) is 12.4. The Balaban J connectivity index is 1.65. The van der Waals surface area contributed by atoms with Crippen LogP contribution in [-0.2, 0) is 34.6 Å². The number of ether oxygens (including phenoxy) is 1. The molecule has 0 aromatic heterocycles. The second-order valence-corrected chi connectivity index (χ2v) is 16.1. The third-order valence-corrected chi connectivity index (χ3v) is 12.0. The van der Waals surface area contributed by atoms with Crippen LogP contribution >= 0.6 is 30.9 Å². The van der Waals surface area contributed by atoms with Gasteiger partial charge in [0.15, 0.2) is 6.79 Å². The third-order valence-electron chi connectivity index (χ3n) is 6.23. The zero-order chi connectivity index (χ0) is 26.4. The number of carbonyl (C=O) groups is 3. The van der Waals surface area contributed by atoms with Crippen LogP contribution in [0.25, 0.3) is 0 Å². The van der Waals surface area contributed by atoms with Crippen molar-refractivity contribution in [2.45, 2.75) is 56.6 Å². The first-order valence-corrected chi connectivity index (χ1v) is 16.1. The van der Waals surface area contributed by atoms with E-state index in [4.69, 9.17) is 9.26 Å². The smallest absolute Gasteiger partial charge is 0.326 e. The van der Waals surface area contributed by atoms with Crippen LogP contribution < -0.4 is 0 Å². The van der Waals surface area contributed by atoms with Crippen molar-refractivity contribution >= 4 is 48.7 Å². The zero-order valence-corrected chi connectivity index (χ0v) is 23.7. The summed E-state index contributed by atoms with van der Waals surface area (Å²) in [6.07, 6.45) is 2.24. The highest BCUT2D eigenvalue weighted by Crippen LogP contribution is 2.53. The summed E-state index contributed by atoms with van der Waals surface area (Å²) in [6, 6.07) is 8.99. The Bertz CT molecular complexity index is 976. The Labute approximate surface area is 221 Å². The summed E-state index contributed by atoms with van der Waals surface area (Å²) < 4.78 is 24.2. The number of rotatable bonds is 11. The lowest BCUT2D eigenvalue weighted by Crippen LogP contribution is -2.42. The minimum Gasteiger partial charge on any atom is -0.480 e. The molecule has 2 heterocycles. The van der Waals surface area contributed by atoms with Gasteiger partial charge in [-0.25, -0.2) is 4.79 Å². The molecule has 2 saturated heterocycles. The van der Waals surface area contributed by atoms with Gasteiger partial charge in [0.1, 0.15) is 12.2 Å². The summed E-state index contributed by atoms with van der Waals surface area (Å²) in [5.74, 6) is -0.193. The summed E-state index contributed by atoms with van der Waals surface area (Å²) in [7, 11) is -3.53. The number of benzene rings is 1. The van der Waals surface area contributed by atoms with Gasteiger partial charge in [-0.1, -0.05) is 30.3 Å². The fourth-order valence-electron chi connectivity index (χ4n) is 4.23. The van der Waals surface area contributed by atoms with E-state index in [2.05, 4.69) is 0 Å². The van der Waals surface area contributed by atoms with Gasteiger partial charge in [0.25, 0.3) is 0 Å². The van der Waals surface area contributed by atoms with E-state index in [0.717, 1.165) is 24.3 Å². The largest absolute Gasteiger partial charge is 0.480 e. The number of aliphatic carboxylic acids is 1. The molecule has 1 N–H and O–H groups in total. The van der Waals surface area contributed by atoms with Crippen molar-refractivity contribution < 1.29 is 33.3 Å². The van der Waals surface area contributed by atoms with Gasteiger partial charge in [-0.15, -0.1) is 23.5 Å². The summed E-state index contributed by atoms with van der Waals surface area (Å²) >= 11 is 3.39. The molecule has 0 radical (unpaired) electrons. The maximum atomic E-state index is 13.8. The Morgan fingerprint density at radius 3 is 2.42 bits per heavy atom. The minimum atomic E-state index is -3.53. The predicted molar refractivity (Wildman–Crippen MR) is 144 cm³/mol. The van der Waals surface area contributed by atoms with Crippen LogP contribution in [0.5, 0.6) is 0 Å². The molecule has 0 saturated carbocycles. The molecule has 1 spiro atoms. The van der Waals surface area contributed by atoms with E-state index in [-0.39, 0.29) is 10.2 Å². The van der Waals surface area contributed by atoms with Gasteiger partial charge >= 0.3 is 11.9 Å². The highest BCUT2D eigenvalue weighted by Gasteiger charge is 2.52. The van der Waals surface area contributed by atoms with E-state index in [1.165, 1.54) is 10.5 Å². The Hall–Kier alpha value is -1.48. The number of likely N-dealkylation sites (tertiary alicyclic amines) is 1. The Morgan fingerprint density at radius 1 is 1.14 bits per heavy atom. The molecule has 2 atom stereocenters. The molecule has 0 aliphatic carbocycles. The summed E-state index contributed by atoms with van der Waals surface area (Å²) in [6.45, 7) is 4.92. The fourth-order valence-corrected chi connectivity index (χ4v) is 9.41. The van der Waals surface area contributed by atoms with Crippen LogP contribution in [-0.4, -0.2) is 75.1 Å². The number of amides is 1. The number of nitrogens with zero attached hydrogens (tertiary/aromatic N) is 1. The average molecular weight is 558 g/mol. The van der Waals surface area contributed by atoms with Crippen molar-refractivity contribution in [1.82, 2.24) is 4.90 Å². The number of unbranched alkanes of at least 4 members (excludes halogenated alkanes) is 1. The van der Waals surface area contributed by atoms with Crippen LogP contribution in [0.4, 0.5) is 0 Å². The van der Waals surface area contributed by atoms with Crippen molar-refractivity contribution in [3.63, 3.8) is 0 Å². The number of esters is 1. The van der Waals surface area contributed by atoms with Gasteiger partial charge in [-0.3, -0.25) is 18.7 Å². The van der Waals surface area contributed by atoms with Crippen LogP contribution in [0.1, 0.15) is 45.6 Å². The molecule has 36 heavy (non-hydrogen) atoms. The van der Waals surface area contributed by atoms with Crippen molar-refractivity contribution in [2.24, 2.45) is 5.41 Å². The molecule has 2 unspecified atom stereocenters. The zero-order valence-electron chi connectivity index (χ0n) is 21.1. The summed E-state index contributed by atoms with van der Waals surface area (Å²) in [5.41, 5.74) is 0.426. The molecule has 1 amide bonds. The van der Waals surface area contributed by atoms with Crippen molar-refractivity contribution in [3.05, 3.63) is 35.9 Å². The molecule has 8 nitrogen and oxygen atoms in total. The van der Waals surface area contributed by atoms with Crippen LogP contribution in [0.3, 0.4) is 0 Å². The van der Waals surface area contributed by atoms with Gasteiger partial charge in [0, 0.05) is 30.6 Å². The molecule has 1 aromatic rings. The predicted octanol–water partition coefficient (Wildman–Crippen LogP) is 4.71. The molecule has 0 bridgehead atoms. The number of hydrogen-bond donors (Lipinski definition) is 1. The summed E-state index contributed by atoms with van der Waals surface area (Å²) in [5, 5.41) is 9.76. The van der Waals surface area contributed by atoms with Crippen molar-refractivity contribution in [3.8, 4) is 0 Å². The van der Waals surface area contributed by atoms with E-state index in [1.807, 2.05) is 30.3 Å². The SMILES string of the molecule is CC(C)(C)C(=O)OCOP(=O)(CCCCc1ccccc1)CC(=O)N1CC2(CC1C(=O)O)SCCS2. The quantitative estimate of drug-likeness (QED) is 0.179. The first kappa shape index (κ1) is 29.1. The molecule has 11 heteroatoms. The number of carboxylic acid groups (broad SMARTS) is 1. The first-order valence-electron chi connectivity index (χ1n) is 12.2. The fraction of sp³-hybridized carbons (Fsp3) is 0.640. The number of aryl methyl sites for hydroxylation is 1. The van der Waals surface area contributed by atoms with Crippen LogP contribution in [0.15, 0.2) is 30.3 Å². The lowest BCUT2D eigenvalue weighted by molar-refractivity contribution is -0.159. The minimum absolute atomic E-state index is 0.152. The Morgan fingerprint density at radius 2 is 1.81 bits per heavy atom. The Kier molecular flexibility index (Phi) is 10.00. The molecule has 2 aliphatic heterocycles. The topological polar surface area (TPSA) is 110 Å². The van der Waals surface area contributed by atoms with Crippen LogP contribution in [0.2, 0.25) is 0 Å². The third kappa shape index (κ3) is 8.01. The van der Waals surface area contributed by atoms with Gasteiger partial charge in [0.05, 0.1) is 9.49 Å². The number of hydrogen-bond acceptors (Lipinski definition) is 8. The monoisotopic (exact) mass is 557 g/mol. The van der Waals surface area contributed by atoms with Gasteiger partial charge < -0.3 is 14.7 Å². The van der Waals surface area contributed by atoms with Crippen molar-refractivity contribution in [1.29, 1.82) is 0 Å². The van der Waals surface area contributed by atoms with E-state index in [9.17, 15) is 24.1 Å². The molecule has 2 fully saturated rings. The van der Waals surface area contributed by atoms with Gasteiger partial charge in [0.2, 0.25) is 13.3 Å². The second-order valence-electron chi connectivity index (χ2n) is 10.3. The summed E-state index contributed by atoms with van der Waals surface area (Å²) in [4.78, 5) is 38.7. The first-order chi connectivity index (χ1) is 16.9. The van der Waals surface area contributed by atoms with Gasteiger partial charge in [-0.2, -0.15) is 0 Å². The molecule has 3 rings (SSSR count). The standard InChI is InChI=1S/C25H36NO7PS2/c1-24(2,3)23(30)32-18-33-34(31,12-8-7-11-19-9-5-4-6-10-19)16-21(27)26-17-25(35-13-14-36-25)15-20(26)22(28)29/h4-6,9-10,20H,7-8,11-18H2,1-3H3,(H,28,29). The van der Waals surface area contributed by atoms with E-state index >= 15 is 0 Å². The lowest BCUT2D eigenvalue weighted by atomic mass is 9.98. The number of carboxylic acids is 1. The van der Waals surface area contributed by atoms with E-state index in [1.54, 1.807) is 44.3 Å². The molecule has 2 aliphatic rings. The maximum Gasteiger partial charge on any atom is 0.326 e. The average Bonchev–Trinajstić information content (AvgIpc) is 3.44. The van der Waals surface area contributed by atoms with Crippen LogP contribution in [0, 0.1) is 5.41 Å². The van der Waals surface area contributed by atoms with Crippen molar-refractivity contribution in [2.75, 3.05) is 37.2 Å². The molecule has 1 aromatic carbocycles. The highest BCUT2D eigenvalue weighted by molar-refractivity contribution is 8.21. The van der Waals surface area contributed by atoms with E-state index in [0.29, 0.717) is 19.4 Å². The van der Waals surface area contributed by atoms with Gasteiger partial charge in [-0.05, 0) is 45.6 Å². The number of thioether (sulfide) groups is 2. The highest BCUT2D eigenvalue weighted by atomic mass is 32.2. The molecular weight excluding hydrogens is 521 g/mol. The maximum absolute atomic E-state index is 13.8.